The summed E-state index contributed by atoms with van der Waals surface area (Å²) in [7, 11) is 0. The summed E-state index contributed by atoms with van der Waals surface area (Å²) in [6.07, 6.45) is 3.22. The number of aliphatic hydroxyl groups excluding tert-OH is 1. The minimum atomic E-state index is 0.0374. The van der Waals surface area contributed by atoms with Crippen molar-refractivity contribution in [1.82, 2.24) is 0 Å². The van der Waals surface area contributed by atoms with Crippen LogP contribution in [0.25, 0.3) is 0 Å². The van der Waals surface area contributed by atoms with Gasteiger partial charge in [-0.2, -0.15) is 0 Å². The van der Waals surface area contributed by atoms with E-state index in [0.717, 1.165) is 31.6 Å². The van der Waals surface area contributed by atoms with Crippen molar-refractivity contribution in [3.8, 4) is 5.75 Å². The van der Waals surface area contributed by atoms with Crippen LogP contribution in [-0.4, -0.2) is 18.3 Å². The summed E-state index contributed by atoms with van der Waals surface area (Å²) in [5.41, 5.74) is 2.58. The molecular formula is C12H14O2. The van der Waals surface area contributed by atoms with E-state index in [2.05, 4.69) is 18.2 Å². The molecule has 1 saturated carbocycles. The minimum Gasteiger partial charge on any atom is -0.493 e. The van der Waals surface area contributed by atoms with Crippen LogP contribution in [0.5, 0.6) is 5.75 Å². The van der Waals surface area contributed by atoms with E-state index in [9.17, 15) is 5.11 Å². The first-order chi connectivity index (χ1) is 6.86. The Bertz CT molecular complexity index is 367. The third kappa shape index (κ3) is 1.01. The molecule has 1 N–H and O–H groups in total. The summed E-state index contributed by atoms with van der Waals surface area (Å²) in [6, 6.07) is 6.31. The summed E-state index contributed by atoms with van der Waals surface area (Å²) in [5, 5.41) is 9.39. The average molecular weight is 190 g/mol. The predicted molar refractivity (Wildman–Crippen MR) is 53.6 cm³/mol. The lowest BCUT2D eigenvalue weighted by Crippen LogP contribution is -2.12. The van der Waals surface area contributed by atoms with Gasteiger partial charge in [0.15, 0.2) is 0 Å². The second-order valence-electron chi connectivity index (χ2n) is 4.33. The molecule has 0 amide bonds. The Hall–Kier alpha value is -1.02. The molecule has 14 heavy (non-hydrogen) atoms. The fraction of sp³-hybridized carbons (Fsp3) is 0.500. The van der Waals surface area contributed by atoms with Gasteiger partial charge in [0.25, 0.3) is 0 Å². The van der Waals surface area contributed by atoms with Crippen molar-refractivity contribution in [2.75, 3.05) is 13.2 Å². The number of para-hydroxylation sites is 1. The molecule has 74 valence electrons. The Morgan fingerprint density at radius 1 is 1.36 bits per heavy atom. The molecule has 0 saturated heterocycles. The largest absolute Gasteiger partial charge is 0.493 e. The number of aliphatic hydroxyl groups is 1. The van der Waals surface area contributed by atoms with Crippen molar-refractivity contribution in [3.63, 3.8) is 0 Å². The van der Waals surface area contributed by atoms with Crippen molar-refractivity contribution in [1.29, 1.82) is 0 Å². The Morgan fingerprint density at radius 2 is 2.21 bits per heavy atom. The summed E-state index contributed by atoms with van der Waals surface area (Å²) in [5.74, 6) is 1.05. The quantitative estimate of drug-likeness (QED) is 0.768. The van der Waals surface area contributed by atoms with Crippen LogP contribution in [-0.2, 0) is 11.8 Å². The smallest absolute Gasteiger partial charge is 0.126 e. The molecule has 0 spiro atoms. The normalized spacial score (nSPS) is 21.5. The van der Waals surface area contributed by atoms with Crippen LogP contribution in [0.4, 0.5) is 0 Å². The molecule has 2 aliphatic rings. The molecule has 1 aromatic rings. The van der Waals surface area contributed by atoms with Crippen LogP contribution in [0.1, 0.15) is 24.0 Å². The lowest BCUT2D eigenvalue weighted by molar-refractivity contribution is 0.250. The molecule has 2 nitrogen and oxygen atoms in total. The van der Waals surface area contributed by atoms with E-state index < -0.39 is 0 Å². The topological polar surface area (TPSA) is 29.5 Å². The van der Waals surface area contributed by atoms with Crippen LogP contribution in [0.3, 0.4) is 0 Å². The highest BCUT2D eigenvalue weighted by molar-refractivity contribution is 5.50. The standard InChI is InChI=1S/C12H14O2/c13-8-12(5-6-12)10-3-1-2-9-4-7-14-11(9)10/h1-3,13H,4-8H2. The van der Waals surface area contributed by atoms with Gasteiger partial charge in [-0.15, -0.1) is 0 Å². The lowest BCUT2D eigenvalue weighted by Gasteiger charge is -2.15. The van der Waals surface area contributed by atoms with Gasteiger partial charge in [-0.1, -0.05) is 18.2 Å². The van der Waals surface area contributed by atoms with Crippen molar-refractivity contribution in [2.45, 2.75) is 24.7 Å². The molecule has 0 aromatic heterocycles. The number of ether oxygens (including phenoxy) is 1. The highest BCUT2D eigenvalue weighted by Gasteiger charge is 2.46. The number of hydrogen-bond donors (Lipinski definition) is 1. The zero-order valence-corrected chi connectivity index (χ0v) is 8.12. The minimum absolute atomic E-state index is 0.0374. The fourth-order valence-corrected chi connectivity index (χ4v) is 2.30. The Morgan fingerprint density at radius 3 is 2.93 bits per heavy atom. The molecule has 3 rings (SSSR count). The molecule has 1 heterocycles. The maximum atomic E-state index is 9.39. The Balaban J connectivity index is 2.10. The van der Waals surface area contributed by atoms with Crippen LogP contribution in [0, 0.1) is 0 Å². The lowest BCUT2D eigenvalue weighted by atomic mass is 9.94. The van der Waals surface area contributed by atoms with E-state index in [-0.39, 0.29) is 12.0 Å². The first-order valence-electron chi connectivity index (χ1n) is 5.22. The zero-order valence-electron chi connectivity index (χ0n) is 8.12. The molecule has 0 unspecified atom stereocenters. The summed E-state index contributed by atoms with van der Waals surface area (Å²) in [4.78, 5) is 0. The summed E-state index contributed by atoms with van der Waals surface area (Å²) in [6.45, 7) is 1.06. The monoisotopic (exact) mass is 190 g/mol. The predicted octanol–water partition coefficient (Wildman–Crippen LogP) is 1.65. The molecule has 1 aliphatic carbocycles. The molecule has 0 radical (unpaired) electrons. The number of benzene rings is 1. The van der Waals surface area contributed by atoms with E-state index in [1.807, 2.05) is 0 Å². The van der Waals surface area contributed by atoms with Gasteiger partial charge in [-0.25, -0.2) is 0 Å². The molecular weight excluding hydrogens is 176 g/mol. The number of rotatable bonds is 2. The second kappa shape index (κ2) is 2.74. The fourth-order valence-electron chi connectivity index (χ4n) is 2.30. The van der Waals surface area contributed by atoms with Gasteiger partial charge in [-0.05, 0) is 18.4 Å². The van der Waals surface area contributed by atoms with E-state index in [1.165, 1.54) is 11.1 Å². The van der Waals surface area contributed by atoms with Gasteiger partial charge in [0.05, 0.1) is 13.2 Å². The van der Waals surface area contributed by atoms with Crippen molar-refractivity contribution >= 4 is 0 Å². The van der Waals surface area contributed by atoms with Gasteiger partial charge in [-0.3, -0.25) is 0 Å². The average Bonchev–Trinajstić information content (AvgIpc) is 2.87. The Kier molecular flexibility index (Phi) is 1.62. The number of hydrogen-bond acceptors (Lipinski definition) is 2. The van der Waals surface area contributed by atoms with E-state index in [1.54, 1.807) is 0 Å². The highest BCUT2D eigenvalue weighted by Crippen LogP contribution is 2.52. The first-order valence-corrected chi connectivity index (χ1v) is 5.22. The van der Waals surface area contributed by atoms with Crippen LogP contribution in [0.15, 0.2) is 18.2 Å². The van der Waals surface area contributed by atoms with Gasteiger partial charge < -0.3 is 9.84 Å². The van der Waals surface area contributed by atoms with Gasteiger partial charge in [0.1, 0.15) is 5.75 Å². The Labute approximate surface area is 83.5 Å². The molecule has 1 aromatic carbocycles. The van der Waals surface area contributed by atoms with E-state index >= 15 is 0 Å². The molecule has 0 atom stereocenters. The maximum absolute atomic E-state index is 9.39. The van der Waals surface area contributed by atoms with Crippen LogP contribution in [0.2, 0.25) is 0 Å². The highest BCUT2D eigenvalue weighted by atomic mass is 16.5. The van der Waals surface area contributed by atoms with E-state index in [4.69, 9.17) is 4.74 Å². The second-order valence-corrected chi connectivity index (χ2v) is 4.33. The maximum Gasteiger partial charge on any atom is 0.126 e. The molecule has 1 fully saturated rings. The third-order valence-electron chi connectivity index (χ3n) is 3.44. The van der Waals surface area contributed by atoms with E-state index in [0.29, 0.717) is 0 Å². The van der Waals surface area contributed by atoms with Crippen molar-refractivity contribution < 1.29 is 9.84 Å². The van der Waals surface area contributed by atoms with Crippen molar-refractivity contribution in [2.24, 2.45) is 0 Å². The van der Waals surface area contributed by atoms with Gasteiger partial charge in [0.2, 0.25) is 0 Å². The van der Waals surface area contributed by atoms with Crippen molar-refractivity contribution in [3.05, 3.63) is 29.3 Å². The van der Waals surface area contributed by atoms with Gasteiger partial charge in [0, 0.05) is 17.4 Å². The third-order valence-corrected chi connectivity index (χ3v) is 3.44. The zero-order chi connectivity index (χ0) is 9.60. The summed E-state index contributed by atoms with van der Waals surface area (Å²) < 4.78 is 5.65. The molecule has 1 aliphatic heterocycles. The molecule has 2 heteroatoms. The van der Waals surface area contributed by atoms with Crippen LogP contribution >= 0.6 is 0 Å². The molecule has 0 bridgehead atoms. The number of fused-ring (bicyclic) bond motifs is 1. The van der Waals surface area contributed by atoms with Gasteiger partial charge >= 0.3 is 0 Å². The summed E-state index contributed by atoms with van der Waals surface area (Å²) >= 11 is 0. The van der Waals surface area contributed by atoms with Crippen LogP contribution < -0.4 is 4.74 Å². The first kappa shape index (κ1) is 8.30. The SMILES string of the molecule is OCC1(c2cccc3c2OCC3)CC1.